The summed E-state index contributed by atoms with van der Waals surface area (Å²) in [5, 5.41) is 13.3. The fourth-order valence-electron chi connectivity index (χ4n) is 2.54. The van der Waals surface area contributed by atoms with Gasteiger partial charge >= 0.3 is 11.9 Å². The van der Waals surface area contributed by atoms with Gasteiger partial charge < -0.3 is 19.5 Å². The summed E-state index contributed by atoms with van der Waals surface area (Å²) < 4.78 is 17.8. The number of amides is 3. The molecule has 1 fully saturated rings. The van der Waals surface area contributed by atoms with Crippen molar-refractivity contribution in [1.29, 1.82) is 0 Å². The van der Waals surface area contributed by atoms with Gasteiger partial charge in [0.2, 0.25) is 0 Å². The highest BCUT2D eigenvalue weighted by atomic mass is 19.1. The van der Waals surface area contributed by atoms with Crippen LogP contribution in [0.4, 0.5) is 20.8 Å². The van der Waals surface area contributed by atoms with Gasteiger partial charge in [-0.3, -0.25) is 14.9 Å². The molecule has 3 rings (SSSR count). The molecule has 1 N–H and O–H groups in total. The molecular formula is C16H15FN4O5. The number of benzene rings is 1. The Kier molecular flexibility index (Phi) is 4.83. The van der Waals surface area contributed by atoms with Crippen LogP contribution in [0.5, 0.6) is 0 Å². The van der Waals surface area contributed by atoms with Crippen molar-refractivity contribution in [3.05, 3.63) is 58.1 Å². The number of furan rings is 1. The number of anilines is 1. The van der Waals surface area contributed by atoms with Crippen LogP contribution in [0.25, 0.3) is 0 Å². The molecule has 1 aromatic carbocycles. The Morgan fingerprint density at radius 3 is 2.23 bits per heavy atom. The average molecular weight is 362 g/mol. The maximum absolute atomic E-state index is 12.9. The smallest absolute Gasteiger partial charge is 0.395 e. The molecule has 0 atom stereocenters. The topological polar surface area (TPSA) is 109 Å². The third kappa shape index (κ3) is 3.79. The first-order valence-corrected chi connectivity index (χ1v) is 7.79. The summed E-state index contributed by atoms with van der Waals surface area (Å²) in [7, 11) is 0. The number of urea groups is 1. The maximum atomic E-state index is 12.9. The minimum atomic E-state index is -0.714. The van der Waals surface area contributed by atoms with E-state index >= 15 is 0 Å². The van der Waals surface area contributed by atoms with Crippen LogP contribution in [0.15, 0.2) is 40.8 Å². The number of nitrogens with zero attached hydrogens (tertiary/aromatic N) is 3. The normalized spacial score (nSPS) is 14.2. The Hall–Kier alpha value is -3.43. The number of nitro groups is 1. The number of nitrogens with one attached hydrogen (secondary N) is 1. The molecule has 2 aromatic rings. The van der Waals surface area contributed by atoms with E-state index in [0.717, 1.165) is 6.07 Å². The Bertz CT molecular complexity index is 827. The van der Waals surface area contributed by atoms with Gasteiger partial charge in [0.05, 0.1) is 6.07 Å². The van der Waals surface area contributed by atoms with Crippen molar-refractivity contribution in [3.8, 4) is 0 Å². The number of halogens is 1. The Labute approximate surface area is 147 Å². The van der Waals surface area contributed by atoms with E-state index in [1.165, 1.54) is 40.1 Å². The number of carbonyl (C=O) groups excluding carboxylic acids is 2. The van der Waals surface area contributed by atoms with Crippen LogP contribution in [-0.2, 0) is 0 Å². The van der Waals surface area contributed by atoms with Gasteiger partial charge in [-0.15, -0.1) is 0 Å². The lowest BCUT2D eigenvalue weighted by molar-refractivity contribution is -0.402. The molecule has 0 radical (unpaired) electrons. The Morgan fingerprint density at radius 1 is 1.04 bits per heavy atom. The zero-order valence-electron chi connectivity index (χ0n) is 13.6. The lowest BCUT2D eigenvalue weighted by atomic mass is 10.3. The largest absolute Gasteiger partial charge is 0.433 e. The Morgan fingerprint density at radius 2 is 1.65 bits per heavy atom. The minimum absolute atomic E-state index is 0.110. The fraction of sp³-hybridized carbons (Fsp3) is 0.250. The van der Waals surface area contributed by atoms with Crippen LogP contribution in [0.1, 0.15) is 10.6 Å². The van der Waals surface area contributed by atoms with Crippen molar-refractivity contribution >= 4 is 23.5 Å². The average Bonchev–Trinajstić information content (AvgIpc) is 3.13. The molecule has 26 heavy (non-hydrogen) atoms. The predicted molar refractivity (Wildman–Crippen MR) is 88.3 cm³/mol. The van der Waals surface area contributed by atoms with Gasteiger partial charge in [-0.05, 0) is 30.3 Å². The van der Waals surface area contributed by atoms with Gasteiger partial charge in [-0.1, -0.05) is 0 Å². The van der Waals surface area contributed by atoms with E-state index in [-0.39, 0.29) is 24.9 Å². The molecule has 0 saturated carbocycles. The van der Waals surface area contributed by atoms with Gasteiger partial charge in [0.1, 0.15) is 10.7 Å². The van der Waals surface area contributed by atoms with Crippen molar-refractivity contribution in [3.63, 3.8) is 0 Å². The van der Waals surface area contributed by atoms with Crippen molar-refractivity contribution < 1.29 is 23.3 Å². The maximum Gasteiger partial charge on any atom is 0.433 e. The second kappa shape index (κ2) is 7.21. The second-order valence-electron chi connectivity index (χ2n) is 5.61. The SMILES string of the molecule is O=C(Nc1ccc(F)cc1)N1CCN(C(=O)c2ccc([N+](=O)[O-])o2)CC1. The van der Waals surface area contributed by atoms with Crippen molar-refractivity contribution in [2.45, 2.75) is 0 Å². The molecule has 0 unspecified atom stereocenters. The van der Waals surface area contributed by atoms with Crippen LogP contribution < -0.4 is 5.32 Å². The van der Waals surface area contributed by atoms with Gasteiger partial charge in [0, 0.05) is 31.9 Å². The molecule has 9 nitrogen and oxygen atoms in total. The molecule has 0 aliphatic carbocycles. The van der Waals surface area contributed by atoms with E-state index in [0.29, 0.717) is 18.8 Å². The lowest BCUT2D eigenvalue weighted by Crippen LogP contribution is -2.51. The minimum Gasteiger partial charge on any atom is -0.395 e. The van der Waals surface area contributed by atoms with Gasteiger partial charge in [-0.25, -0.2) is 9.18 Å². The molecule has 1 aromatic heterocycles. The third-order valence-corrected chi connectivity index (χ3v) is 3.93. The van der Waals surface area contributed by atoms with Crippen LogP contribution in [-0.4, -0.2) is 52.8 Å². The van der Waals surface area contributed by atoms with Crippen LogP contribution in [0.3, 0.4) is 0 Å². The summed E-state index contributed by atoms with van der Waals surface area (Å²) in [6.07, 6.45) is 0. The third-order valence-electron chi connectivity index (χ3n) is 3.93. The van der Waals surface area contributed by atoms with Crippen molar-refractivity contribution in [2.24, 2.45) is 0 Å². The van der Waals surface area contributed by atoms with E-state index in [9.17, 15) is 24.1 Å². The zero-order chi connectivity index (χ0) is 18.7. The molecule has 10 heteroatoms. The van der Waals surface area contributed by atoms with Gasteiger partial charge in [0.15, 0.2) is 5.76 Å². The molecular weight excluding hydrogens is 347 g/mol. The molecule has 1 aliphatic heterocycles. The highest BCUT2D eigenvalue weighted by molar-refractivity contribution is 5.92. The summed E-state index contributed by atoms with van der Waals surface area (Å²) in [6, 6.07) is 7.43. The number of hydrogen-bond donors (Lipinski definition) is 1. The van der Waals surface area contributed by atoms with Gasteiger partial charge in [-0.2, -0.15) is 0 Å². The quantitative estimate of drug-likeness (QED) is 0.666. The number of piperazine rings is 1. The monoisotopic (exact) mass is 362 g/mol. The van der Waals surface area contributed by atoms with Crippen LogP contribution in [0, 0.1) is 15.9 Å². The second-order valence-corrected chi connectivity index (χ2v) is 5.61. The van der Waals surface area contributed by atoms with E-state index in [2.05, 4.69) is 5.32 Å². The molecule has 1 aliphatic rings. The lowest BCUT2D eigenvalue weighted by Gasteiger charge is -2.34. The predicted octanol–water partition coefficient (Wildman–Crippen LogP) is 2.32. The van der Waals surface area contributed by atoms with Crippen molar-refractivity contribution in [2.75, 3.05) is 31.5 Å². The summed E-state index contributed by atoms with van der Waals surface area (Å²) in [4.78, 5) is 37.4. The molecule has 136 valence electrons. The van der Waals surface area contributed by atoms with E-state index in [4.69, 9.17) is 4.42 Å². The first-order valence-electron chi connectivity index (χ1n) is 7.79. The standard InChI is InChI=1S/C16H15FN4O5/c17-11-1-3-12(4-2-11)18-16(23)20-9-7-19(8-10-20)15(22)13-5-6-14(26-13)21(24)25/h1-6H,7-10H2,(H,18,23). The van der Waals surface area contributed by atoms with Crippen LogP contribution >= 0.6 is 0 Å². The zero-order valence-corrected chi connectivity index (χ0v) is 13.6. The van der Waals surface area contributed by atoms with Crippen LogP contribution in [0.2, 0.25) is 0 Å². The fourth-order valence-corrected chi connectivity index (χ4v) is 2.54. The summed E-state index contributed by atoms with van der Waals surface area (Å²) in [5.41, 5.74) is 0.470. The van der Waals surface area contributed by atoms with E-state index in [1.807, 2.05) is 0 Å². The molecule has 1 saturated heterocycles. The van der Waals surface area contributed by atoms with Crippen molar-refractivity contribution in [1.82, 2.24) is 9.80 Å². The number of carbonyl (C=O) groups is 2. The summed E-state index contributed by atoms with van der Waals surface area (Å²) >= 11 is 0. The highest BCUT2D eigenvalue weighted by Crippen LogP contribution is 2.18. The number of hydrogen-bond acceptors (Lipinski definition) is 5. The molecule has 0 spiro atoms. The Balaban J connectivity index is 1.54. The van der Waals surface area contributed by atoms with E-state index in [1.54, 1.807) is 0 Å². The molecule has 3 amide bonds. The van der Waals surface area contributed by atoms with Gasteiger partial charge in [0.25, 0.3) is 5.91 Å². The molecule has 0 bridgehead atoms. The molecule has 2 heterocycles. The first-order chi connectivity index (χ1) is 12.4. The summed E-state index contributed by atoms with van der Waals surface area (Å²) in [5.74, 6) is -1.46. The van der Waals surface area contributed by atoms with E-state index < -0.39 is 22.5 Å². The summed E-state index contributed by atoms with van der Waals surface area (Å²) in [6.45, 7) is 1.12. The highest BCUT2D eigenvalue weighted by Gasteiger charge is 2.27. The number of rotatable bonds is 3. The first kappa shape index (κ1) is 17.4.